The number of rotatable bonds is 8. The van der Waals surface area contributed by atoms with Crippen LogP contribution in [0.2, 0.25) is 5.02 Å². The van der Waals surface area contributed by atoms with Crippen molar-refractivity contribution in [1.82, 2.24) is 5.32 Å². The van der Waals surface area contributed by atoms with E-state index in [2.05, 4.69) is 43.4 Å². The van der Waals surface area contributed by atoms with E-state index in [0.29, 0.717) is 18.9 Å². The Bertz CT molecular complexity index is 776. The quantitative estimate of drug-likeness (QED) is 0.555. The Balaban J connectivity index is 1.80. The number of nitrogens with one attached hydrogen (secondary N) is 1. The molecular weight excluding hydrogens is 356 g/mol. The monoisotopic (exact) mass is 376 g/mol. The van der Waals surface area contributed by atoms with E-state index in [1.807, 2.05) is 0 Å². The Morgan fingerprint density at radius 3 is 2.54 bits per heavy atom. The lowest BCUT2D eigenvalue weighted by Crippen LogP contribution is -2.30. The summed E-state index contributed by atoms with van der Waals surface area (Å²) in [4.78, 5) is 22.2. The summed E-state index contributed by atoms with van der Waals surface area (Å²) in [5.41, 5.74) is 2.13. The van der Waals surface area contributed by atoms with Gasteiger partial charge in [0.05, 0.1) is 4.92 Å². The number of nitro groups is 1. The first-order valence-electron chi connectivity index (χ1n) is 8.29. The summed E-state index contributed by atoms with van der Waals surface area (Å²) >= 11 is 5.74. The molecule has 1 N–H and O–H groups in total. The second-order valence-corrected chi connectivity index (χ2v) is 6.59. The van der Waals surface area contributed by atoms with Crippen LogP contribution in [-0.4, -0.2) is 24.0 Å². The van der Waals surface area contributed by atoms with Crippen LogP contribution in [0.4, 0.5) is 5.69 Å². The summed E-state index contributed by atoms with van der Waals surface area (Å²) in [5, 5.41) is 14.0. The highest BCUT2D eigenvalue weighted by molar-refractivity contribution is 6.30. The van der Waals surface area contributed by atoms with Crippen molar-refractivity contribution >= 4 is 23.2 Å². The lowest BCUT2D eigenvalue weighted by molar-refractivity contribution is -0.385. The van der Waals surface area contributed by atoms with E-state index >= 15 is 0 Å². The van der Waals surface area contributed by atoms with Crippen LogP contribution in [0.5, 0.6) is 5.75 Å². The highest BCUT2D eigenvalue weighted by Crippen LogP contribution is 2.29. The standard InChI is InChI=1S/C19H21ClN2O4/c1-13(2)15-5-3-14(4-6-15)9-10-21-19(23)12-26-18-8-7-16(20)11-17(18)22(24)25/h3-8,11,13H,9-10,12H2,1-2H3,(H,21,23). The van der Waals surface area contributed by atoms with Gasteiger partial charge in [-0.3, -0.25) is 14.9 Å². The van der Waals surface area contributed by atoms with E-state index in [0.717, 1.165) is 5.56 Å². The molecule has 0 aliphatic rings. The predicted molar refractivity (Wildman–Crippen MR) is 101 cm³/mol. The molecule has 2 rings (SSSR count). The molecule has 138 valence electrons. The van der Waals surface area contributed by atoms with E-state index in [4.69, 9.17) is 16.3 Å². The van der Waals surface area contributed by atoms with E-state index in [9.17, 15) is 14.9 Å². The average molecular weight is 377 g/mol. The fourth-order valence-electron chi connectivity index (χ4n) is 2.37. The Morgan fingerprint density at radius 1 is 1.23 bits per heavy atom. The molecular formula is C19H21ClN2O4. The van der Waals surface area contributed by atoms with Gasteiger partial charge >= 0.3 is 5.69 Å². The summed E-state index contributed by atoms with van der Waals surface area (Å²) in [6, 6.07) is 12.3. The molecule has 2 aromatic rings. The summed E-state index contributed by atoms with van der Waals surface area (Å²) in [6.07, 6.45) is 0.700. The first kappa shape index (κ1) is 19.7. The van der Waals surface area contributed by atoms with Gasteiger partial charge in [-0.15, -0.1) is 0 Å². The van der Waals surface area contributed by atoms with Crippen molar-refractivity contribution in [2.75, 3.05) is 13.2 Å². The Labute approximate surface area is 157 Å². The number of carbonyl (C=O) groups excluding carboxylic acids is 1. The van der Waals surface area contributed by atoms with Gasteiger partial charge in [-0.1, -0.05) is 49.7 Å². The molecule has 0 aliphatic carbocycles. The number of halogens is 1. The van der Waals surface area contributed by atoms with E-state index in [1.54, 1.807) is 0 Å². The zero-order valence-corrected chi connectivity index (χ0v) is 15.5. The molecule has 6 nitrogen and oxygen atoms in total. The number of nitrogens with zero attached hydrogens (tertiary/aromatic N) is 1. The number of ether oxygens (including phenoxy) is 1. The van der Waals surface area contributed by atoms with Crippen molar-refractivity contribution in [3.05, 3.63) is 68.7 Å². The fourth-order valence-corrected chi connectivity index (χ4v) is 2.53. The maximum atomic E-state index is 11.9. The number of carbonyl (C=O) groups is 1. The zero-order chi connectivity index (χ0) is 19.1. The van der Waals surface area contributed by atoms with Gasteiger partial charge in [0.1, 0.15) is 0 Å². The summed E-state index contributed by atoms with van der Waals surface area (Å²) < 4.78 is 5.25. The summed E-state index contributed by atoms with van der Waals surface area (Å²) in [6.45, 7) is 4.45. The normalized spacial score (nSPS) is 10.6. The number of hydrogen-bond donors (Lipinski definition) is 1. The molecule has 0 bridgehead atoms. The van der Waals surface area contributed by atoms with Gasteiger partial charge in [0.2, 0.25) is 0 Å². The minimum absolute atomic E-state index is 0.0128. The predicted octanol–water partition coefficient (Wildman–Crippen LogP) is 4.11. The molecule has 0 heterocycles. The van der Waals surface area contributed by atoms with Crippen molar-refractivity contribution in [1.29, 1.82) is 0 Å². The molecule has 0 unspecified atom stereocenters. The van der Waals surface area contributed by atoms with Crippen LogP contribution in [0.1, 0.15) is 30.9 Å². The first-order valence-corrected chi connectivity index (χ1v) is 8.67. The lowest BCUT2D eigenvalue weighted by Gasteiger charge is -2.09. The highest BCUT2D eigenvalue weighted by Gasteiger charge is 2.16. The van der Waals surface area contributed by atoms with Gasteiger partial charge in [-0.05, 0) is 35.6 Å². The molecule has 1 amide bonds. The topological polar surface area (TPSA) is 81.5 Å². The Hall–Kier alpha value is -2.60. The molecule has 2 aromatic carbocycles. The minimum atomic E-state index is -0.597. The second-order valence-electron chi connectivity index (χ2n) is 6.15. The van der Waals surface area contributed by atoms with E-state index in [-0.39, 0.29) is 29.0 Å². The molecule has 0 spiro atoms. The maximum Gasteiger partial charge on any atom is 0.312 e. The van der Waals surface area contributed by atoms with E-state index < -0.39 is 4.92 Å². The van der Waals surface area contributed by atoms with Gasteiger partial charge in [-0.2, -0.15) is 0 Å². The molecule has 0 atom stereocenters. The molecule has 0 saturated carbocycles. The van der Waals surface area contributed by atoms with Gasteiger partial charge in [0.25, 0.3) is 5.91 Å². The molecule has 26 heavy (non-hydrogen) atoms. The second kappa shape index (κ2) is 9.20. The van der Waals surface area contributed by atoms with Crippen LogP contribution in [0.3, 0.4) is 0 Å². The minimum Gasteiger partial charge on any atom is -0.477 e. The highest BCUT2D eigenvalue weighted by atomic mass is 35.5. The zero-order valence-electron chi connectivity index (χ0n) is 14.7. The van der Waals surface area contributed by atoms with Gasteiger partial charge in [-0.25, -0.2) is 0 Å². The van der Waals surface area contributed by atoms with Gasteiger partial charge in [0.15, 0.2) is 12.4 Å². The van der Waals surface area contributed by atoms with Crippen molar-refractivity contribution in [2.24, 2.45) is 0 Å². The molecule has 7 heteroatoms. The van der Waals surface area contributed by atoms with Crippen molar-refractivity contribution in [2.45, 2.75) is 26.2 Å². The van der Waals surface area contributed by atoms with Crippen LogP contribution in [-0.2, 0) is 11.2 Å². The van der Waals surface area contributed by atoms with Gasteiger partial charge in [0, 0.05) is 17.6 Å². The van der Waals surface area contributed by atoms with Crippen LogP contribution < -0.4 is 10.1 Å². The molecule has 0 aliphatic heterocycles. The van der Waals surface area contributed by atoms with Crippen molar-refractivity contribution < 1.29 is 14.5 Å². The number of nitro benzene ring substituents is 1. The molecule has 0 radical (unpaired) electrons. The number of hydrogen-bond acceptors (Lipinski definition) is 4. The van der Waals surface area contributed by atoms with E-state index in [1.165, 1.54) is 23.8 Å². The van der Waals surface area contributed by atoms with Crippen LogP contribution in [0, 0.1) is 10.1 Å². The SMILES string of the molecule is CC(C)c1ccc(CCNC(=O)COc2ccc(Cl)cc2[N+](=O)[O-])cc1. The summed E-state index contributed by atoms with van der Waals surface area (Å²) in [7, 11) is 0. The third kappa shape index (κ3) is 5.74. The van der Waals surface area contributed by atoms with Crippen LogP contribution in [0.25, 0.3) is 0 Å². The van der Waals surface area contributed by atoms with Crippen LogP contribution >= 0.6 is 11.6 Å². The Morgan fingerprint density at radius 2 is 1.92 bits per heavy atom. The third-order valence-corrected chi connectivity index (χ3v) is 4.09. The lowest BCUT2D eigenvalue weighted by atomic mass is 10.0. The van der Waals surface area contributed by atoms with Gasteiger partial charge < -0.3 is 10.1 Å². The average Bonchev–Trinajstić information content (AvgIpc) is 2.61. The Kier molecular flexibility index (Phi) is 6.97. The fraction of sp³-hybridized carbons (Fsp3) is 0.316. The molecule has 0 fully saturated rings. The number of benzene rings is 2. The number of amides is 1. The first-order chi connectivity index (χ1) is 12.4. The van der Waals surface area contributed by atoms with Crippen molar-refractivity contribution in [3.8, 4) is 5.75 Å². The molecule has 0 aromatic heterocycles. The third-order valence-electron chi connectivity index (χ3n) is 3.86. The van der Waals surface area contributed by atoms with Crippen LogP contribution in [0.15, 0.2) is 42.5 Å². The largest absolute Gasteiger partial charge is 0.477 e. The smallest absolute Gasteiger partial charge is 0.312 e. The van der Waals surface area contributed by atoms with Crippen molar-refractivity contribution in [3.63, 3.8) is 0 Å². The molecule has 0 saturated heterocycles. The summed E-state index contributed by atoms with van der Waals surface area (Å²) in [5.74, 6) is 0.157. The maximum absolute atomic E-state index is 11.9.